The normalized spacial score (nSPS) is 9.69. The molecule has 0 atom stereocenters. The molecule has 0 heterocycles. The zero-order chi connectivity index (χ0) is 12.1. The molecule has 0 aliphatic rings. The second kappa shape index (κ2) is 5.30. The van der Waals surface area contributed by atoms with E-state index in [0.29, 0.717) is 12.4 Å². The summed E-state index contributed by atoms with van der Waals surface area (Å²) in [5.74, 6) is 0.322. The fraction of sp³-hybridized carbons (Fsp3) is 0.333. The molecule has 0 saturated carbocycles. The van der Waals surface area contributed by atoms with E-state index in [4.69, 9.17) is 4.74 Å². The van der Waals surface area contributed by atoms with Crippen LogP contribution in [-0.4, -0.2) is 11.5 Å². The maximum atomic E-state index is 10.7. The van der Waals surface area contributed by atoms with Crippen LogP contribution >= 0.6 is 0 Å². The first-order chi connectivity index (χ1) is 7.50. The lowest BCUT2D eigenvalue weighted by Crippen LogP contribution is -1.99. The molecule has 0 aromatic heterocycles. The number of nitro groups is 1. The number of allylic oxidation sites excluding steroid dienone is 1. The van der Waals surface area contributed by atoms with Crippen molar-refractivity contribution in [3.05, 3.63) is 45.5 Å². The van der Waals surface area contributed by atoms with Gasteiger partial charge in [0.1, 0.15) is 6.61 Å². The van der Waals surface area contributed by atoms with E-state index in [0.717, 1.165) is 11.1 Å². The molecule has 0 aliphatic carbocycles. The van der Waals surface area contributed by atoms with E-state index in [9.17, 15) is 10.1 Å². The Morgan fingerprint density at radius 2 is 2.19 bits per heavy atom. The molecule has 0 unspecified atom stereocenters. The Labute approximate surface area is 94.7 Å². The van der Waals surface area contributed by atoms with E-state index in [2.05, 4.69) is 0 Å². The minimum atomic E-state index is -0.433. The van der Waals surface area contributed by atoms with Crippen LogP contribution in [0, 0.1) is 17.0 Å². The van der Waals surface area contributed by atoms with E-state index in [-0.39, 0.29) is 5.69 Å². The molecule has 86 valence electrons. The van der Waals surface area contributed by atoms with Gasteiger partial charge in [0, 0.05) is 6.07 Å². The minimum absolute atomic E-state index is 0.00718. The zero-order valence-electron chi connectivity index (χ0n) is 9.69. The monoisotopic (exact) mass is 221 g/mol. The van der Waals surface area contributed by atoms with Crippen LogP contribution in [0.3, 0.4) is 0 Å². The van der Waals surface area contributed by atoms with Crippen molar-refractivity contribution >= 4 is 5.69 Å². The van der Waals surface area contributed by atoms with Gasteiger partial charge >= 0.3 is 5.69 Å². The van der Waals surface area contributed by atoms with Crippen molar-refractivity contribution in [2.45, 2.75) is 20.8 Å². The first-order valence-corrected chi connectivity index (χ1v) is 5.02. The Kier molecular flexibility index (Phi) is 4.05. The number of nitro benzene ring substituents is 1. The molecule has 0 spiro atoms. The van der Waals surface area contributed by atoms with E-state index < -0.39 is 4.92 Å². The molecule has 1 aromatic rings. The maximum Gasteiger partial charge on any atom is 0.310 e. The molecule has 16 heavy (non-hydrogen) atoms. The third-order valence-corrected chi connectivity index (χ3v) is 2.04. The highest BCUT2D eigenvalue weighted by Gasteiger charge is 2.14. The molecular weight excluding hydrogens is 206 g/mol. The van der Waals surface area contributed by atoms with Gasteiger partial charge in [0.25, 0.3) is 0 Å². The lowest BCUT2D eigenvalue weighted by Gasteiger charge is -2.05. The standard InChI is InChI=1S/C12H15NO3/c1-9(2)6-7-16-12-8-10(3)4-5-11(12)13(14)15/h4-6,8H,7H2,1-3H3. The summed E-state index contributed by atoms with van der Waals surface area (Å²) in [5.41, 5.74) is 2.07. The average Bonchev–Trinajstić information content (AvgIpc) is 2.16. The van der Waals surface area contributed by atoms with E-state index >= 15 is 0 Å². The van der Waals surface area contributed by atoms with Gasteiger partial charge in [0.15, 0.2) is 5.75 Å². The minimum Gasteiger partial charge on any atom is -0.483 e. The van der Waals surface area contributed by atoms with Crippen molar-refractivity contribution in [1.82, 2.24) is 0 Å². The van der Waals surface area contributed by atoms with E-state index in [1.54, 1.807) is 12.1 Å². The summed E-state index contributed by atoms with van der Waals surface area (Å²) in [5, 5.41) is 10.7. The van der Waals surface area contributed by atoms with Crippen molar-refractivity contribution in [2.24, 2.45) is 0 Å². The maximum absolute atomic E-state index is 10.7. The second-order valence-corrected chi connectivity index (χ2v) is 3.82. The summed E-state index contributed by atoms with van der Waals surface area (Å²) >= 11 is 0. The van der Waals surface area contributed by atoms with Gasteiger partial charge in [-0.2, -0.15) is 0 Å². The lowest BCUT2D eigenvalue weighted by molar-refractivity contribution is -0.385. The van der Waals surface area contributed by atoms with Gasteiger partial charge in [-0.25, -0.2) is 0 Å². The summed E-state index contributed by atoms with van der Waals surface area (Å²) in [4.78, 5) is 10.3. The number of benzene rings is 1. The van der Waals surface area contributed by atoms with Crippen LogP contribution in [0.15, 0.2) is 29.8 Å². The topological polar surface area (TPSA) is 52.4 Å². The van der Waals surface area contributed by atoms with Crippen molar-refractivity contribution in [2.75, 3.05) is 6.61 Å². The van der Waals surface area contributed by atoms with Gasteiger partial charge in [-0.05, 0) is 38.5 Å². The van der Waals surface area contributed by atoms with Crippen molar-refractivity contribution < 1.29 is 9.66 Å². The molecule has 0 fully saturated rings. The Balaban J connectivity index is 2.88. The molecule has 1 rings (SSSR count). The zero-order valence-corrected chi connectivity index (χ0v) is 9.69. The smallest absolute Gasteiger partial charge is 0.310 e. The Hall–Kier alpha value is -1.84. The summed E-state index contributed by atoms with van der Waals surface area (Å²) < 4.78 is 5.37. The lowest BCUT2D eigenvalue weighted by atomic mass is 10.2. The number of hydrogen-bond acceptors (Lipinski definition) is 3. The fourth-order valence-corrected chi connectivity index (χ4v) is 1.19. The summed E-state index contributed by atoms with van der Waals surface area (Å²) in [7, 11) is 0. The number of ether oxygens (including phenoxy) is 1. The highest BCUT2D eigenvalue weighted by molar-refractivity contribution is 5.48. The first kappa shape index (κ1) is 12.2. The quantitative estimate of drug-likeness (QED) is 0.445. The second-order valence-electron chi connectivity index (χ2n) is 3.82. The molecule has 0 radical (unpaired) electrons. The van der Waals surface area contributed by atoms with Crippen LogP contribution in [0.5, 0.6) is 5.75 Å². The third-order valence-electron chi connectivity index (χ3n) is 2.04. The fourth-order valence-electron chi connectivity index (χ4n) is 1.19. The molecule has 0 amide bonds. The largest absolute Gasteiger partial charge is 0.483 e. The Morgan fingerprint density at radius 1 is 1.50 bits per heavy atom. The molecule has 0 aliphatic heterocycles. The van der Waals surface area contributed by atoms with Gasteiger partial charge in [0.05, 0.1) is 4.92 Å². The summed E-state index contributed by atoms with van der Waals surface area (Å²) in [6.45, 7) is 6.13. The van der Waals surface area contributed by atoms with Crippen LogP contribution in [0.2, 0.25) is 0 Å². The molecule has 1 aromatic carbocycles. The van der Waals surface area contributed by atoms with Crippen LogP contribution < -0.4 is 4.74 Å². The van der Waals surface area contributed by atoms with Gasteiger partial charge in [-0.15, -0.1) is 0 Å². The van der Waals surface area contributed by atoms with Crippen molar-refractivity contribution in [1.29, 1.82) is 0 Å². The third kappa shape index (κ3) is 3.38. The Morgan fingerprint density at radius 3 is 2.75 bits per heavy atom. The van der Waals surface area contributed by atoms with Gasteiger partial charge in [-0.3, -0.25) is 10.1 Å². The van der Waals surface area contributed by atoms with E-state index in [1.807, 2.05) is 26.8 Å². The van der Waals surface area contributed by atoms with Crippen LogP contribution in [0.25, 0.3) is 0 Å². The molecule has 4 heteroatoms. The first-order valence-electron chi connectivity index (χ1n) is 5.02. The highest BCUT2D eigenvalue weighted by Crippen LogP contribution is 2.27. The van der Waals surface area contributed by atoms with Crippen LogP contribution in [-0.2, 0) is 0 Å². The number of rotatable bonds is 4. The van der Waals surface area contributed by atoms with Crippen LogP contribution in [0.1, 0.15) is 19.4 Å². The number of aryl methyl sites for hydroxylation is 1. The van der Waals surface area contributed by atoms with E-state index in [1.165, 1.54) is 6.07 Å². The summed E-state index contributed by atoms with van der Waals surface area (Å²) in [6.07, 6.45) is 1.88. The predicted molar refractivity (Wildman–Crippen MR) is 62.8 cm³/mol. The molecule has 4 nitrogen and oxygen atoms in total. The molecule has 0 bridgehead atoms. The van der Waals surface area contributed by atoms with Crippen molar-refractivity contribution in [3.8, 4) is 5.75 Å². The molecule has 0 N–H and O–H groups in total. The van der Waals surface area contributed by atoms with Crippen LogP contribution in [0.4, 0.5) is 5.69 Å². The SMILES string of the molecule is CC(C)=CCOc1cc(C)ccc1[N+](=O)[O-]. The molecular formula is C12H15NO3. The van der Waals surface area contributed by atoms with Gasteiger partial charge in [-0.1, -0.05) is 11.6 Å². The number of hydrogen-bond donors (Lipinski definition) is 0. The van der Waals surface area contributed by atoms with Crippen molar-refractivity contribution in [3.63, 3.8) is 0 Å². The number of nitrogens with zero attached hydrogens (tertiary/aromatic N) is 1. The predicted octanol–water partition coefficient (Wildman–Crippen LogP) is 3.25. The van der Waals surface area contributed by atoms with Gasteiger partial charge < -0.3 is 4.74 Å². The highest BCUT2D eigenvalue weighted by atomic mass is 16.6. The Bertz CT molecular complexity index is 420. The summed E-state index contributed by atoms with van der Waals surface area (Å²) in [6, 6.07) is 4.84. The average molecular weight is 221 g/mol. The molecule has 0 saturated heterocycles. The van der Waals surface area contributed by atoms with Gasteiger partial charge in [0.2, 0.25) is 0 Å².